The third kappa shape index (κ3) is 2.17. The van der Waals surface area contributed by atoms with Crippen molar-refractivity contribution in [3.63, 3.8) is 0 Å². The summed E-state index contributed by atoms with van der Waals surface area (Å²) >= 11 is 0. The lowest BCUT2D eigenvalue weighted by Gasteiger charge is -1.90. The molecular weight excluding hydrogens is 119 g/mol. The summed E-state index contributed by atoms with van der Waals surface area (Å²) in [5.74, 6) is 0. The van der Waals surface area contributed by atoms with Gasteiger partial charge in [-0.3, -0.25) is 0 Å². The van der Waals surface area contributed by atoms with Crippen LogP contribution in [0.1, 0.15) is 0 Å². The number of hydrogen-bond acceptors (Lipinski definition) is 4. The summed E-state index contributed by atoms with van der Waals surface area (Å²) in [4.78, 5) is 4.08. The van der Waals surface area contributed by atoms with Gasteiger partial charge in [0, 0.05) is 5.09 Å². The Morgan fingerprint density at radius 3 is 3.00 bits per heavy atom. The van der Waals surface area contributed by atoms with Crippen LogP contribution in [-0.2, 0) is 19.8 Å². The predicted molar refractivity (Wildman–Crippen MR) is 19.0 cm³/mol. The summed E-state index contributed by atoms with van der Waals surface area (Å²) in [6.07, 6.45) is 0.0603. The Bertz CT molecular complexity index is 64.3. The quantitative estimate of drug-likeness (QED) is 0.231. The molecule has 1 aliphatic heterocycles. The number of ether oxygens (including phenoxy) is 1. The summed E-state index contributed by atoms with van der Waals surface area (Å²) in [5.41, 5.74) is 0. The van der Waals surface area contributed by atoms with Crippen molar-refractivity contribution in [1.29, 1.82) is 0 Å². The van der Waals surface area contributed by atoms with Crippen molar-refractivity contribution in [1.82, 2.24) is 0 Å². The van der Waals surface area contributed by atoms with E-state index in [-0.39, 0.29) is 12.7 Å². The van der Waals surface area contributed by atoms with Gasteiger partial charge in [0.1, 0.15) is 12.7 Å². The molecule has 48 valence electrons. The molecule has 0 N–H and O–H groups in total. The molecule has 0 aromatic rings. The van der Waals surface area contributed by atoms with E-state index < -0.39 is 0 Å². The van der Waals surface area contributed by atoms with Gasteiger partial charge in [-0.25, -0.2) is 4.89 Å². The highest BCUT2D eigenvalue weighted by molar-refractivity contribution is 4.65. The average Bonchev–Trinajstić information content (AvgIpc) is 2.51. The van der Waals surface area contributed by atoms with Crippen molar-refractivity contribution in [2.24, 2.45) is 0 Å². The molecule has 0 bridgehead atoms. The van der Waals surface area contributed by atoms with Crippen LogP contribution in [0.3, 0.4) is 0 Å². The van der Waals surface area contributed by atoms with E-state index in [1.807, 2.05) is 0 Å². The van der Waals surface area contributed by atoms with Crippen LogP contribution in [0.25, 0.3) is 0 Å². The molecule has 1 atom stereocenters. The van der Waals surface area contributed by atoms with Crippen LogP contribution in [0.5, 0.6) is 0 Å². The fourth-order valence-electron chi connectivity index (χ4n) is 0.286. The first-order chi connectivity index (χ1) is 3.93. The van der Waals surface area contributed by atoms with Crippen molar-refractivity contribution in [2.75, 3.05) is 13.2 Å². The lowest BCUT2D eigenvalue weighted by Crippen LogP contribution is -2.00. The second kappa shape index (κ2) is 2.93. The zero-order valence-electron chi connectivity index (χ0n) is 4.00. The second-order valence-corrected chi connectivity index (χ2v) is 1.37. The van der Waals surface area contributed by atoms with E-state index in [0.29, 0.717) is 6.61 Å². The molecular formula is C3H5FO4. The maximum atomic E-state index is 10.6. The van der Waals surface area contributed by atoms with Gasteiger partial charge >= 0.3 is 0 Å². The van der Waals surface area contributed by atoms with E-state index >= 15 is 0 Å². The fraction of sp³-hybridized carbons (Fsp3) is 1.00. The van der Waals surface area contributed by atoms with Gasteiger partial charge in [0.25, 0.3) is 0 Å². The Labute approximate surface area is 44.8 Å². The van der Waals surface area contributed by atoms with E-state index in [9.17, 15) is 4.53 Å². The van der Waals surface area contributed by atoms with Crippen molar-refractivity contribution < 1.29 is 24.3 Å². The van der Waals surface area contributed by atoms with E-state index in [4.69, 9.17) is 0 Å². The molecule has 1 fully saturated rings. The van der Waals surface area contributed by atoms with Crippen LogP contribution in [0.2, 0.25) is 0 Å². The van der Waals surface area contributed by atoms with Gasteiger partial charge in [-0.1, -0.05) is 0 Å². The van der Waals surface area contributed by atoms with Crippen LogP contribution in [0.15, 0.2) is 0 Å². The number of halogens is 1. The smallest absolute Gasteiger partial charge is 0.114 e. The molecule has 0 aromatic carbocycles. The summed E-state index contributed by atoms with van der Waals surface area (Å²) in [6, 6.07) is 0. The van der Waals surface area contributed by atoms with Crippen LogP contribution in [0.4, 0.5) is 4.53 Å². The fourth-order valence-corrected chi connectivity index (χ4v) is 0.286. The molecule has 4 nitrogen and oxygen atoms in total. The molecule has 1 unspecified atom stereocenters. The Morgan fingerprint density at radius 2 is 2.50 bits per heavy atom. The number of epoxide rings is 1. The maximum absolute atomic E-state index is 10.6. The number of rotatable bonds is 4. The van der Waals surface area contributed by atoms with Crippen molar-refractivity contribution >= 4 is 0 Å². The highest BCUT2D eigenvalue weighted by Gasteiger charge is 2.23. The standard InChI is InChI=1S/C3H5FO4/c4-7-8-6-2-3-1-5-3/h3H,1-2H2. The van der Waals surface area contributed by atoms with E-state index in [1.54, 1.807) is 0 Å². The largest absolute Gasteiger partial charge is 0.370 e. The molecule has 8 heavy (non-hydrogen) atoms. The van der Waals surface area contributed by atoms with Gasteiger partial charge in [0.05, 0.1) is 6.61 Å². The van der Waals surface area contributed by atoms with Gasteiger partial charge in [-0.15, -0.1) is 0 Å². The van der Waals surface area contributed by atoms with E-state index in [2.05, 4.69) is 19.8 Å². The Kier molecular flexibility index (Phi) is 2.16. The lowest BCUT2D eigenvalue weighted by molar-refractivity contribution is -0.587. The van der Waals surface area contributed by atoms with E-state index in [0.717, 1.165) is 0 Å². The van der Waals surface area contributed by atoms with Crippen LogP contribution < -0.4 is 0 Å². The van der Waals surface area contributed by atoms with Gasteiger partial charge in [0.2, 0.25) is 0 Å². The van der Waals surface area contributed by atoms with Gasteiger partial charge < -0.3 is 4.74 Å². The zero-order valence-corrected chi connectivity index (χ0v) is 4.00. The Balaban J connectivity index is 1.74. The molecule has 0 spiro atoms. The number of hydrogen-bond donors (Lipinski definition) is 0. The second-order valence-electron chi connectivity index (χ2n) is 1.37. The molecule has 5 heteroatoms. The molecule has 0 radical (unpaired) electrons. The Morgan fingerprint density at radius 1 is 1.75 bits per heavy atom. The van der Waals surface area contributed by atoms with Gasteiger partial charge in [-0.2, -0.15) is 0 Å². The maximum Gasteiger partial charge on any atom is 0.114 e. The first-order valence-corrected chi connectivity index (χ1v) is 2.12. The predicted octanol–water partition coefficient (Wildman–Crippen LogP) is 0.149. The normalized spacial score (nSPS) is 25.9. The molecule has 0 amide bonds. The highest BCUT2D eigenvalue weighted by atomic mass is 19.3. The van der Waals surface area contributed by atoms with Crippen LogP contribution >= 0.6 is 0 Å². The van der Waals surface area contributed by atoms with Crippen molar-refractivity contribution in [3.8, 4) is 0 Å². The topological polar surface area (TPSA) is 40.2 Å². The Hall–Kier alpha value is -0.230. The summed E-state index contributed by atoms with van der Waals surface area (Å²) in [5, 5.41) is 6.08. The molecule has 1 heterocycles. The third-order valence-corrected chi connectivity index (χ3v) is 0.730. The minimum Gasteiger partial charge on any atom is -0.370 e. The van der Waals surface area contributed by atoms with E-state index in [1.165, 1.54) is 0 Å². The summed E-state index contributed by atoms with van der Waals surface area (Å²) in [6.45, 7) is 0.861. The zero-order chi connectivity index (χ0) is 5.82. The average molecular weight is 124 g/mol. The van der Waals surface area contributed by atoms with Crippen LogP contribution in [-0.4, -0.2) is 19.3 Å². The minimum atomic E-state index is 0.0603. The lowest BCUT2D eigenvalue weighted by atomic mass is 10.5. The minimum absolute atomic E-state index is 0.0603. The van der Waals surface area contributed by atoms with Crippen molar-refractivity contribution in [3.05, 3.63) is 0 Å². The molecule has 1 aliphatic rings. The summed E-state index contributed by atoms with van der Waals surface area (Å²) < 4.78 is 15.2. The van der Waals surface area contributed by atoms with Crippen molar-refractivity contribution in [2.45, 2.75) is 6.10 Å². The monoisotopic (exact) mass is 124 g/mol. The molecule has 1 saturated heterocycles. The first kappa shape index (κ1) is 5.90. The first-order valence-electron chi connectivity index (χ1n) is 2.12. The molecule has 0 aliphatic carbocycles. The molecule has 1 rings (SSSR count). The van der Waals surface area contributed by atoms with Crippen LogP contribution in [0, 0.1) is 0 Å². The van der Waals surface area contributed by atoms with Gasteiger partial charge in [-0.05, 0) is 9.56 Å². The summed E-state index contributed by atoms with van der Waals surface area (Å²) in [7, 11) is 0. The SMILES string of the molecule is FOOOCC1CO1. The third-order valence-electron chi connectivity index (χ3n) is 0.730. The molecule has 0 aromatic heterocycles. The highest BCUT2D eigenvalue weighted by Crippen LogP contribution is 2.08. The molecule has 0 saturated carbocycles. The van der Waals surface area contributed by atoms with Gasteiger partial charge in [0.15, 0.2) is 0 Å².